The molecule has 0 radical (unpaired) electrons. The van der Waals surface area contributed by atoms with Crippen LogP contribution in [0.3, 0.4) is 0 Å². The SMILES string of the molecule is COCCN[C@H](C)c1ccn(Cc2ccccc2)c1. The summed E-state index contributed by atoms with van der Waals surface area (Å²) in [7, 11) is 1.72. The van der Waals surface area contributed by atoms with Gasteiger partial charge in [0.1, 0.15) is 0 Å². The number of ether oxygens (including phenoxy) is 1. The van der Waals surface area contributed by atoms with Gasteiger partial charge in [-0.25, -0.2) is 0 Å². The molecule has 1 atom stereocenters. The Balaban J connectivity index is 1.91. The lowest BCUT2D eigenvalue weighted by molar-refractivity contribution is 0.196. The van der Waals surface area contributed by atoms with Gasteiger partial charge in [0.2, 0.25) is 0 Å². The molecule has 1 heterocycles. The summed E-state index contributed by atoms with van der Waals surface area (Å²) in [6.45, 7) is 4.72. The van der Waals surface area contributed by atoms with E-state index in [0.29, 0.717) is 6.04 Å². The largest absolute Gasteiger partial charge is 0.383 e. The second-order valence-electron chi connectivity index (χ2n) is 4.77. The zero-order valence-corrected chi connectivity index (χ0v) is 11.7. The van der Waals surface area contributed by atoms with Crippen LogP contribution in [0.5, 0.6) is 0 Å². The van der Waals surface area contributed by atoms with Crippen molar-refractivity contribution in [2.75, 3.05) is 20.3 Å². The molecule has 3 nitrogen and oxygen atoms in total. The summed E-state index contributed by atoms with van der Waals surface area (Å²) in [6, 6.07) is 13.0. The molecular weight excluding hydrogens is 236 g/mol. The molecule has 0 aliphatic rings. The van der Waals surface area contributed by atoms with Crippen LogP contribution in [0, 0.1) is 0 Å². The van der Waals surface area contributed by atoms with Gasteiger partial charge in [-0.1, -0.05) is 30.3 Å². The Hall–Kier alpha value is -1.58. The Morgan fingerprint density at radius 1 is 1.21 bits per heavy atom. The maximum absolute atomic E-state index is 5.04. The summed E-state index contributed by atoms with van der Waals surface area (Å²) in [6.07, 6.45) is 4.34. The molecule has 2 rings (SSSR count). The maximum Gasteiger partial charge on any atom is 0.0587 e. The first-order chi connectivity index (χ1) is 9.29. The first-order valence-corrected chi connectivity index (χ1v) is 6.71. The van der Waals surface area contributed by atoms with E-state index in [0.717, 1.165) is 19.7 Å². The number of nitrogens with zero attached hydrogens (tertiary/aromatic N) is 1. The van der Waals surface area contributed by atoms with Crippen molar-refractivity contribution in [1.29, 1.82) is 0 Å². The fourth-order valence-electron chi connectivity index (χ4n) is 2.10. The van der Waals surface area contributed by atoms with E-state index in [1.54, 1.807) is 7.11 Å². The summed E-state index contributed by atoms with van der Waals surface area (Å²) in [4.78, 5) is 0. The summed E-state index contributed by atoms with van der Waals surface area (Å²) in [5.41, 5.74) is 2.64. The van der Waals surface area contributed by atoms with E-state index in [9.17, 15) is 0 Å². The van der Waals surface area contributed by atoms with Crippen molar-refractivity contribution in [3.05, 3.63) is 59.9 Å². The Bertz CT molecular complexity index is 479. The van der Waals surface area contributed by atoms with Crippen LogP contribution in [0.25, 0.3) is 0 Å². The van der Waals surface area contributed by atoms with Crippen molar-refractivity contribution in [2.45, 2.75) is 19.5 Å². The minimum absolute atomic E-state index is 0.354. The van der Waals surface area contributed by atoms with E-state index >= 15 is 0 Å². The molecular formula is C16H22N2O. The number of aromatic nitrogens is 1. The number of hydrogen-bond donors (Lipinski definition) is 1. The van der Waals surface area contributed by atoms with Gasteiger partial charge in [-0.2, -0.15) is 0 Å². The van der Waals surface area contributed by atoms with Gasteiger partial charge < -0.3 is 14.6 Å². The second-order valence-corrected chi connectivity index (χ2v) is 4.77. The highest BCUT2D eigenvalue weighted by Gasteiger charge is 2.06. The Kier molecular flexibility index (Phi) is 5.19. The van der Waals surface area contributed by atoms with Crippen LogP contribution < -0.4 is 5.32 Å². The zero-order valence-electron chi connectivity index (χ0n) is 11.7. The number of rotatable bonds is 7. The fraction of sp³-hybridized carbons (Fsp3) is 0.375. The monoisotopic (exact) mass is 258 g/mol. The van der Waals surface area contributed by atoms with Crippen LogP contribution in [0.1, 0.15) is 24.1 Å². The first-order valence-electron chi connectivity index (χ1n) is 6.71. The molecule has 0 bridgehead atoms. The summed E-state index contributed by atoms with van der Waals surface area (Å²) in [5.74, 6) is 0. The first kappa shape index (κ1) is 13.8. The highest BCUT2D eigenvalue weighted by atomic mass is 16.5. The molecule has 0 aliphatic heterocycles. The molecule has 1 aromatic heterocycles. The lowest BCUT2D eigenvalue weighted by Gasteiger charge is -2.11. The average molecular weight is 258 g/mol. The molecule has 0 saturated heterocycles. The molecule has 1 N–H and O–H groups in total. The molecule has 0 amide bonds. The molecule has 2 aromatic rings. The predicted molar refractivity (Wildman–Crippen MR) is 78.3 cm³/mol. The summed E-state index contributed by atoms with van der Waals surface area (Å²) >= 11 is 0. The summed E-state index contributed by atoms with van der Waals surface area (Å²) in [5, 5.41) is 3.44. The van der Waals surface area contributed by atoms with Crippen molar-refractivity contribution in [1.82, 2.24) is 9.88 Å². The maximum atomic E-state index is 5.04. The number of nitrogens with one attached hydrogen (secondary N) is 1. The lowest BCUT2D eigenvalue weighted by Crippen LogP contribution is -2.22. The Labute approximate surface area is 115 Å². The Morgan fingerprint density at radius 3 is 2.74 bits per heavy atom. The van der Waals surface area contributed by atoms with Crippen molar-refractivity contribution in [3.63, 3.8) is 0 Å². The van der Waals surface area contributed by atoms with Crippen molar-refractivity contribution < 1.29 is 4.74 Å². The standard InChI is InChI=1S/C16H22N2O/c1-14(17-9-11-19-2)16-8-10-18(13-16)12-15-6-4-3-5-7-15/h3-8,10,13-14,17H,9,11-12H2,1-2H3/t14-/m1/s1. The van der Waals surface area contributed by atoms with E-state index < -0.39 is 0 Å². The second kappa shape index (κ2) is 7.12. The van der Waals surface area contributed by atoms with Crippen LogP contribution in [-0.2, 0) is 11.3 Å². The minimum Gasteiger partial charge on any atom is -0.383 e. The van der Waals surface area contributed by atoms with Crippen LogP contribution >= 0.6 is 0 Å². The fourth-order valence-corrected chi connectivity index (χ4v) is 2.10. The van der Waals surface area contributed by atoms with Crippen molar-refractivity contribution in [2.24, 2.45) is 0 Å². The number of methoxy groups -OCH3 is 1. The third kappa shape index (κ3) is 4.23. The molecule has 0 saturated carbocycles. The number of benzene rings is 1. The molecule has 0 aliphatic carbocycles. The zero-order chi connectivity index (χ0) is 13.5. The highest BCUT2D eigenvalue weighted by Crippen LogP contribution is 2.13. The lowest BCUT2D eigenvalue weighted by atomic mass is 10.2. The highest BCUT2D eigenvalue weighted by molar-refractivity contribution is 5.19. The minimum atomic E-state index is 0.354. The van der Waals surface area contributed by atoms with E-state index in [1.165, 1.54) is 11.1 Å². The van der Waals surface area contributed by atoms with Gasteiger partial charge in [-0.15, -0.1) is 0 Å². The van der Waals surface area contributed by atoms with Crippen LogP contribution in [-0.4, -0.2) is 24.8 Å². The number of hydrogen-bond acceptors (Lipinski definition) is 2. The van der Waals surface area contributed by atoms with Crippen LogP contribution in [0.4, 0.5) is 0 Å². The van der Waals surface area contributed by atoms with Gasteiger partial charge in [-0.05, 0) is 24.1 Å². The molecule has 1 aromatic carbocycles. The van der Waals surface area contributed by atoms with Crippen LogP contribution in [0.15, 0.2) is 48.8 Å². The van der Waals surface area contributed by atoms with E-state index in [4.69, 9.17) is 4.74 Å². The molecule has 19 heavy (non-hydrogen) atoms. The van der Waals surface area contributed by atoms with Gasteiger partial charge in [0.15, 0.2) is 0 Å². The van der Waals surface area contributed by atoms with Gasteiger partial charge in [0.25, 0.3) is 0 Å². The van der Waals surface area contributed by atoms with E-state index in [-0.39, 0.29) is 0 Å². The van der Waals surface area contributed by atoms with Crippen LogP contribution in [0.2, 0.25) is 0 Å². The van der Waals surface area contributed by atoms with Gasteiger partial charge in [0, 0.05) is 38.6 Å². The third-order valence-corrected chi connectivity index (χ3v) is 3.24. The molecule has 0 spiro atoms. The molecule has 102 valence electrons. The topological polar surface area (TPSA) is 26.2 Å². The van der Waals surface area contributed by atoms with E-state index in [2.05, 4.69) is 59.5 Å². The smallest absolute Gasteiger partial charge is 0.0587 e. The Morgan fingerprint density at radius 2 is 2.00 bits per heavy atom. The summed E-state index contributed by atoms with van der Waals surface area (Å²) < 4.78 is 7.27. The van der Waals surface area contributed by atoms with E-state index in [1.807, 2.05) is 6.07 Å². The van der Waals surface area contributed by atoms with Gasteiger partial charge >= 0.3 is 0 Å². The predicted octanol–water partition coefficient (Wildman–Crippen LogP) is 2.83. The normalized spacial score (nSPS) is 12.5. The average Bonchev–Trinajstić information content (AvgIpc) is 2.89. The van der Waals surface area contributed by atoms with Crippen molar-refractivity contribution in [3.8, 4) is 0 Å². The molecule has 3 heteroatoms. The molecule has 0 unspecified atom stereocenters. The quantitative estimate of drug-likeness (QED) is 0.773. The van der Waals surface area contributed by atoms with Gasteiger partial charge in [0.05, 0.1) is 6.61 Å². The molecule has 0 fully saturated rings. The van der Waals surface area contributed by atoms with Crippen molar-refractivity contribution >= 4 is 0 Å². The van der Waals surface area contributed by atoms with Gasteiger partial charge in [-0.3, -0.25) is 0 Å². The third-order valence-electron chi connectivity index (χ3n) is 3.24.